The van der Waals surface area contributed by atoms with E-state index in [2.05, 4.69) is 23.3 Å². The minimum atomic E-state index is 0.242. The van der Waals surface area contributed by atoms with E-state index in [0.29, 0.717) is 12.2 Å². The first-order chi connectivity index (χ1) is 8.19. The van der Waals surface area contributed by atoms with Crippen molar-refractivity contribution < 1.29 is 4.74 Å². The van der Waals surface area contributed by atoms with Crippen molar-refractivity contribution in [3.8, 4) is 6.07 Å². The number of aromatic nitrogens is 1. The Morgan fingerprint density at radius 1 is 1.53 bits per heavy atom. The Morgan fingerprint density at radius 2 is 2.29 bits per heavy atom. The van der Waals surface area contributed by atoms with Crippen LogP contribution in [0, 0.1) is 18.3 Å². The van der Waals surface area contributed by atoms with Crippen LogP contribution in [-0.4, -0.2) is 24.7 Å². The standard InChI is InChI=1S/C13H19N3O/c1-4-5-12(9-17-3)16-13-7-11(8-14)6-10(2)15-13/h6-7,12H,4-5,9H2,1-3H3,(H,15,16). The predicted molar refractivity (Wildman–Crippen MR) is 67.9 cm³/mol. The minimum absolute atomic E-state index is 0.242. The van der Waals surface area contributed by atoms with Crippen LogP contribution in [0.3, 0.4) is 0 Å². The fraction of sp³-hybridized carbons (Fsp3) is 0.538. The Bertz CT molecular complexity index is 392. The monoisotopic (exact) mass is 233 g/mol. The highest BCUT2D eigenvalue weighted by Gasteiger charge is 2.08. The average Bonchev–Trinajstić information content (AvgIpc) is 2.29. The molecule has 1 aromatic heterocycles. The van der Waals surface area contributed by atoms with Crippen molar-refractivity contribution in [1.82, 2.24) is 4.98 Å². The van der Waals surface area contributed by atoms with Crippen molar-refractivity contribution >= 4 is 5.82 Å². The van der Waals surface area contributed by atoms with Gasteiger partial charge in [0.05, 0.1) is 24.3 Å². The van der Waals surface area contributed by atoms with E-state index in [1.165, 1.54) is 0 Å². The first-order valence-electron chi connectivity index (χ1n) is 5.83. The quantitative estimate of drug-likeness (QED) is 0.820. The highest BCUT2D eigenvalue weighted by Crippen LogP contribution is 2.12. The lowest BCUT2D eigenvalue weighted by atomic mass is 10.1. The Labute approximate surface area is 103 Å². The van der Waals surface area contributed by atoms with Gasteiger partial charge in [-0.25, -0.2) is 4.98 Å². The molecular formula is C13H19N3O. The van der Waals surface area contributed by atoms with E-state index < -0.39 is 0 Å². The molecule has 1 aromatic rings. The summed E-state index contributed by atoms with van der Waals surface area (Å²) in [6.07, 6.45) is 2.10. The van der Waals surface area contributed by atoms with Crippen molar-refractivity contribution in [2.24, 2.45) is 0 Å². The van der Waals surface area contributed by atoms with Gasteiger partial charge in [0.2, 0.25) is 0 Å². The predicted octanol–water partition coefficient (Wildman–Crippen LogP) is 2.49. The maximum absolute atomic E-state index is 8.90. The van der Waals surface area contributed by atoms with E-state index in [-0.39, 0.29) is 6.04 Å². The molecule has 1 heterocycles. The zero-order chi connectivity index (χ0) is 12.7. The Balaban J connectivity index is 2.78. The highest BCUT2D eigenvalue weighted by atomic mass is 16.5. The molecule has 0 bridgehead atoms. The molecule has 4 nitrogen and oxygen atoms in total. The number of nitrogens with zero attached hydrogens (tertiary/aromatic N) is 2. The second-order valence-corrected chi connectivity index (χ2v) is 4.08. The molecule has 0 aromatic carbocycles. The number of hydrogen-bond donors (Lipinski definition) is 1. The zero-order valence-electron chi connectivity index (χ0n) is 10.7. The normalized spacial score (nSPS) is 11.9. The third-order valence-electron chi connectivity index (χ3n) is 2.44. The van der Waals surface area contributed by atoms with E-state index in [4.69, 9.17) is 10.00 Å². The molecule has 92 valence electrons. The van der Waals surface area contributed by atoms with Crippen LogP contribution in [-0.2, 0) is 4.74 Å². The maximum Gasteiger partial charge on any atom is 0.127 e. The molecule has 0 aliphatic heterocycles. The van der Waals surface area contributed by atoms with Gasteiger partial charge >= 0.3 is 0 Å². The van der Waals surface area contributed by atoms with Crippen LogP contribution in [0.25, 0.3) is 0 Å². The van der Waals surface area contributed by atoms with Crippen molar-refractivity contribution in [2.75, 3.05) is 19.0 Å². The molecule has 0 spiro atoms. The summed E-state index contributed by atoms with van der Waals surface area (Å²) < 4.78 is 5.16. The molecule has 0 saturated heterocycles. The molecule has 0 fully saturated rings. The number of pyridine rings is 1. The van der Waals surface area contributed by atoms with E-state index in [9.17, 15) is 0 Å². The number of aryl methyl sites for hydroxylation is 1. The summed E-state index contributed by atoms with van der Waals surface area (Å²) in [5, 5.41) is 12.2. The van der Waals surface area contributed by atoms with Crippen molar-refractivity contribution in [3.63, 3.8) is 0 Å². The van der Waals surface area contributed by atoms with Crippen LogP contribution >= 0.6 is 0 Å². The van der Waals surface area contributed by atoms with Gasteiger partial charge in [0.15, 0.2) is 0 Å². The molecular weight excluding hydrogens is 214 g/mol. The zero-order valence-corrected chi connectivity index (χ0v) is 10.7. The fourth-order valence-corrected chi connectivity index (χ4v) is 1.76. The smallest absolute Gasteiger partial charge is 0.127 e. The van der Waals surface area contributed by atoms with Gasteiger partial charge in [-0.1, -0.05) is 13.3 Å². The summed E-state index contributed by atoms with van der Waals surface area (Å²) in [6, 6.07) is 5.92. The lowest BCUT2D eigenvalue weighted by Crippen LogP contribution is -2.25. The van der Waals surface area contributed by atoms with Gasteiger partial charge in [0.1, 0.15) is 5.82 Å². The summed E-state index contributed by atoms with van der Waals surface area (Å²) in [5.41, 5.74) is 1.48. The van der Waals surface area contributed by atoms with Gasteiger partial charge in [-0.2, -0.15) is 5.26 Å². The van der Waals surface area contributed by atoms with Gasteiger partial charge in [0.25, 0.3) is 0 Å². The number of rotatable bonds is 6. The molecule has 1 N–H and O–H groups in total. The number of nitriles is 1. The molecule has 0 radical (unpaired) electrons. The van der Waals surface area contributed by atoms with Crippen LogP contribution in [0.4, 0.5) is 5.82 Å². The van der Waals surface area contributed by atoms with E-state index in [1.807, 2.05) is 6.92 Å². The van der Waals surface area contributed by atoms with Gasteiger partial charge in [-0.15, -0.1) is 0 Å². The Kier molecular flexibility index (Phi) is 5.44. The molecule has 0 aliphatic carbocycles. The topological polar surface area (TPSA) is 57.9 Å². The molecule has 0 amide bonds. The largest absolute Gasteiger partial charge is 0.383 e. The summed E-state index contributed by atoms with van der Waals surface area (Å²) in [4.78, 5) is 4.37. The number of anilines is 1. The van der Waals surface area contributed by atoms with Gasteiger partial charge in [-0.3, -0.25) is 0 Å². The number of methoxy groups -OCH3 is 1. The summed E-state index contributed by atoms with van der Waals surface area (Å²) in [7, 11) is 1.69. The lowest BCUT2D eigenvalue weighted by Gasteiger charge is -2.18. The van der Waals surface area contributed by atoms with Crippen LogP contribution < -0.4 is 5.32 Å². The molecule has 1 rings (SSSR count). The number of ether oxygens (including phenoxy) is 1. The molecule has 1 unspecified atom stereocenters. The summed E-state index contributed by atoms with van der Waals surface area (Å²) >= 11 is 0. The Hall–Kier alpha value is -1.60. The molecule has 0 saturated carbocycles. The van der Waals surface area contributed by atoms with Crippen LogP contribution in [0.5, 0.6) is 0 Å². The molecule has 17 heavy (non-hydrogen) atoms. The maximum atomic E-state index is 8.90. The van der Waals surface area contributed by atoms with Gasteiger partial charge in [-0.05, 0) is 25.5 Å². The number of nitrogens with one attached hydrogen (secondary N) is 1. The lowest BCUT2D eigenvalue weighted by molar-refractivity contribution is 0.182. The van der Waals surface area contributed by atoms with E-state index in [1.54, 1.807) is 19.2 Å². The molecule has 1 atom stereocenters. The van der Waals surface area contributed by atoms with Crippen LogP contribution in [0.1, 0.15) is 31.0 Å². The first-order valence-corrected chi connectivity index (χ1v) is 5.83. The molecule has 4 heteroatoms. The Morgan fingerprint density at radius 3 is 2.88 bits per heavy atom. The van der Waals surface area contributed by atoms with Crippen molar-refractivity contribution in [3.05, 3.63) is 23.4 Å². The van der Waals surface area contributed by atoms with E-state index >= 15 is 0 Å². The van der Waals surface area contributed by atoms with Gasteiger partial charge in [0, 0.05) is 12.8 Å². The van der Waals surface area contributed by atoms with Crippen LogP contribution in [0.15, 0.2) is 12.1 Å². The summed E-state index contributed by atoms with van der Waals surface area (Å²) in [6.45, 7) is 4.66. The van der Waals surface area contributed by atoms with Gasteiger partial charge < -0.3 is 10.1 Å². The third-order valence-corrected chi connectivity index (χ3v) is 2.44. The highest BCUT2D eigenvalue weighted by molar-refractivity contribution is 5.44. The summed E-state index contributed by atoms with van der Waals surface area (Å²) in [5.74, 6) is 0.747. The SMILES string of the molecule is CCCC(COC)Nc1cc(C#N)cc(C)n1. The molecule has 0 aliphatic rings. The second kappa shape index (κ2) is 6.87. The van der Waals surface area contributed by atoms with Crippen molar-refractivity contribution in [1.29, 1.82) is 5.26 Å². The third kappa shape index (κ3) is 4.41. The second-order valence-electron chi connectivity index (χ2n) is 4.08. The minimum Gasteiger partial charge on any atom is -0.383 e. The number of hydrogen-bond acceptors (Lipinski definition) is 4. The fourth-order valence-electron chi connectivity index (χ4n) is 1.76. The van der Waals surface area contributed by atoms with E-state index in [0.717, 1.165) is 24.4 Å². The first kappa shape index (κ1) is 13.5. The average molecular weight is 233 g/mol. The van der Waals surface area contributed by atoms with Crippen molar-refractivity contribution in [2.45, 2.75) is 32.7 Å². The van der Waals surface area contributed by atoms with Crippen LogP contribution in [0.2, 0.25) is 0 Å².